The molecule has 1 spiro atoms. The first-order valence-electron chi connectivity index (χ1n) is 9.24. The molecule has 1 saturated carbocycles. The van der Waals surface area contributed by atoms with Crippen molar-refractivity contribution in [2.75, 3.05) is 13.1 Å². The van der Waals surface area contributed by atoms with Gasteiger partial charge in [0.05, 0.1) is 0 Å². The number of nitrogens with one attached hydrogen (secondary N) is 1. The molecule has 0 radical (unpaired) electrons. The van der Waals surface area contributed by atoms with Gasteiger partial charge in [-0.1, -0.05) is 43.2 Å². The molecule has 0 unspecified atom stereocenters. The van der Waals surface area contributed by atoms with Crippen LogP contribution in [0.25, 0.3) is 11.1 Å². The first-order chi connectivity index (χ1) is 11.8. The van der Waals surface area contributed by atoms with Gasteiger partial charge in [-0.25, -0.2) is 0 Å². The fourth-order valence-corrected chi connectivity index (χ4v) is 4.72. The van der Waals surface area contributed by atoms with Crippen molar-refractivity contribution in [1.82, 2.24) is 9.88 Å². The summed E-state index contributed by atoms with van der Waals surface area (Å²) >= 11 is 0. The summed E-state index contributed by atoms with van der Waals surface area (Å²) in [5, 5.41) is 3.59. The largest absolute Gasteiger partial charge is 0.316 e. The van der Waals surface area contributed by atoms with E-state index in [4.69, 9.17) is 0 Å². The minimum absolute atomic E-state index is 0.128. The van der Waals surface area contributed by atoms with E-state index in [1.165, 1.54) is 32.1 Å². The number of hydrogen-bond acceptors (Lipinski definition) is 2. The van der Waals surface area contributed by atoms with Crippen LogP contribution in [0.15, 0.2) is 53.5 Å². The SMILES string of the molecule is O=c1cc(-c2ccccc2)ccn1C[C@@H]1CCNCC12CCCC2. The molecule has 126 valence electrons. The quantitative estimate of drug-likeness (QED) is 0.935. The Morgan fingerprint density at radius 2 is 1.88 bits per heavy atom. The molecule has 24 heavy (non-hydrogen) atoms. The van der Waals surface area contributed by atoms with Crippen molar-refractivity contribution in [1.29, 1.82) is 0 Å². The minimum atomic E-state index is 0.128. The van der Waals surface area contributed by atoms with Crippen molar-refractivity contribution in [3.63, 3.8) is 0 Å². The molecule has 3 nitrogen and oxygen atoms in total. The third-order valence-corrected chi connectivity index (χ3v) is 6.13. The van der Waals surface area contributed by atoms with Crippen molar-refractivity contribution in [3.8, 4) is 11.1 Å². The van der Waals surface area contributed by atoms with Gasteiger partial charge in [-0.3, -0.25) is 4.79 Å². The van der Waals surface area contributed by atoms with Gasteiger partial charge in [0.15, 0.2) is 0 Å². The Labute approximate surface area is 143 Å². The molecule has 1 aliphatic carbocycles. The van der Waals surface area contributed by atoms with Crippen LogP contribution in [0, 0.1) is 11.3 Å². The molecular formula is C21H26N2O. The Morgan fingerprint density at radius 1 is 1.08 bits per heavy atom. The number of benzene rings is 1. The number of pyridine rings is 1. The lowest BCUT2D eigenvalue weighted by molar-refractivity contribution is 0.101. The Morgan fingerprint density at radius 3 is 2.62 bits per heavy atom. The molecule has 3 heteroatoms. The fourth-order valence-electron chi connectivity index (χ4n) is 4.72. The van der Waals surface area contributed by atoms with Crippen LogP contribution >= 0.6 is 0 Å². The lowest BCUT2D eigenvalue weighted by atomic mass is 9.70. The molecule has 0 amide bonds. The second-order valence-corrected chi connectivity index (χ2v) is 7.50. The summed E-state index contributed by atoms with van der Waals surface area (Å²) in [5.41, 5.74) is 2.67. The van der Waals surface area contributed by atoms with Crippen LogP contribution in [0.4, 0.5) is 0 Å². The highest BCUT2D eigenvalue weighted by molar-refractivity contribution is 5.62. The molecule has 2 fully saturated rings. The lowest BCUT2D eigenvalue weighted by Crippen LogP contribution is -2.47. The second kappa shape index (κ2) is 6.56. The van der Waals surface area contributed by atoms with Gasteiger partial charge in [0.25, 0.3) is 5.56 Å². The third-order valence-electron chi connectivity index (χ3n) is 6.13. The minimum Gasteiger partial charge on any atom is -0.316 e. The van der Waals surface area contributed by atoms with Crippen LogP contribution in [0.1, 0.15) is 32.1 Å². The number of piperidine rings is 1. The monoisotopic (exact) mass is 322 g/mol. The van der Waals surface area contributed by atoms with Gasteiger partial charge >= 0.3 is 0 Å². The highest BCUT2D eigenvalue weighted by Crippen LogP contribution is 2.47. The molecule has 1 saturated heterocycles. The molecule has 2 aromatic rings. The van der Waals surface area contributed by atoms with Crippen LogP contribution in [0.3, 0.4) is 0 Å². The van der Waals surface area contributed by atoms with Gasteiger partial charge in [-0.2, -0.15) is 0 Å². The summed E-state index contributed by atoms with van der Waals surface area (Å²) in [5.74, 6) is 0.626. The summed E-state index contributed by atoms with van der Waals surface area (Å²) in [6, 6.07) is 14.0. The first-order valence-corrected chi connectivity index (χ1v) is 9.24. The Kier molecular flexibility index (Phi) is 4.28. The topological polar surface area (TPSA) is 34.0 Å². The summed E-state index contributed by atoms with van der Waals surface area (Å²) in [6.07, 6.45) is 8.52. The van der Waals surface area contributed by atoms with Gasteiger partial charge < -0.3 is 9.88 Å². The van der Waals surface area contributed by atoms with Crippen molar-refractivity contribution < 1.29 is 0 Å². The maximum Gasteiger partial charge on any atom is 0.251 e. The van der Waals surface area contributed by atoms with E-state index in [-0.39, 0.29) is 5.56 Å². The second-order valence-electron chi connectivity index (χ2n) is 7.50. The number of nitrogens with zero attached hydrogens (tertiary/aromatic N) is 1. The molecule has 0 bridgehead atoms. The average Bonchev–Trinajstić information content (AvgIpc) is 3.08. The van der Waals surface area contributed by atoms with E-state index in [2.05, 4.69) is 23.5 Å². The maximum absolute atomic E-state index is 12.6. The summed E-state index contributed by atoms with van der Waals surface area (Å²) in [4.78, 5) is 12.6. The number of rotatable bonds is 3. The van der Waals surface area contributed by atoms with Crippen molar-refractivity contribution in [2.24, 2.45) is 11.3 Å². The van der Waals surface area contributed by atoms with Crippen molar-refractivity contribution in [3.05, 3.63) is 59.0 Å². The van der Waals surface area contributed by atoms with E-state index in [1.54, 1.807) is 6.07 Å². The zero-order valence-electron chi connectivity index (χ0n) is 14.2. The molecule has 1 aromatic heterocycles. The van der Waals surface area contributed by atoms with Gasteiger partial charge in [-0.05, 0) is 54.3 Å². The zero-order valence-corrected chi connectivity index (χ0v) is 14.2. The van der Waals surface area contributed by atoms with Gasteiger partial charge in [0.2, 0.25) is 0 Å². The first kappa shape index (κ1) is 15.6. The van der Waals surface area contributed by atoms with Crippen LogP contribution in [0.2, 0.25) is 0 Å². The van der Waals surface area contributed by atoms with Crippen LogP contribution < -0.4 is 10.9 Å². The van der Waals surface area contributed by atoms with Gasteiger partial charge in [0.1, 0.15) is 0 Å². The molecule has 4 rings (SSSR count). The third kappa shape index (κ3) is 2.93. The van der Waals surface area contributed by atoms with Crippen LogP contribution in [-0.2, 0) is 6.54 Å². The Balaban J connectivity index is 1.57. The Hall–Kier alpha value is -1.87. The normalized spacial score (nSPS) is 22.8. The smallest absolute Gasteiger partial charge is 0.251 e. The van der Waals surface area contributed by atoms with Crippen LogP contribution in [0.5, 0.6) is 0 Å². The predicted octanol–water partition coefficient (Wildman–Crippen LogP) is 3.69. The summed E-state index contributed by atoms with van der Waals surface area (Å²) in [7, 11) is 0. The standard InChI is InChI=1S/C21H26N2O/c24-20-14-18(17-6-2-1-3-7-17)9-13-23(20)15-19-8-12-22-16-21(19)10-4-5-11-21/h1-3,6-7,9,13-14,19,22H,4-5,8,10-12,15-16H2/t19-/m0/s1. The van der Waals surface area contributed by atoms with E-state index < -0.39 is 0 Å². The van der Waals surface area contributed by atoms with Gasteiger partial charge in [-0.15, -0.1) is 0 Å². The molecule has 1 N–H and O–H groups in total. The molecular weight excluding hydrogens is 296 g/mol. The van der Waals surface area contributed by atoms with E-state index in [1.807, 2.05) is 29.0 Å². The highest BCUT2D eigenvalue weighted by Gasteiger charge is 2.42. The van der Waals surface area contributed by atoms with E-state index >= 15 is 0 Å². The van der Waals surface area contributed by atoms with Crippen LogP contribution in [-0.4, -0.2) is 17.7 Å². The van der Waals surface area contributed by atoms with Crippen molar-refractivity contribution in [2.45, 2.75) is 38.6 Å². The molecule has 1 aromatic carbocycles. The van der Waals surface area contributed by atoms with Crippen molar-refractivity contribution >= 4 is 0 Å². The Bertz CT molecular complexity index is 744. The molecule has 1 aliphatic heterocycles. The van der Waals surface area contributed by atoms with E-state index in [9.17, 15) is 4.79 Å². The molecule has 2 heterocycles. The summed E-state index contributed by atoms with van der Waals surface area (Å²) < 4.78 is 1.93. The lowest BCUT2D eigenvalue weighted by Gasteiger charge is -2.42. The van der Waals surface area contributed by atoms with Gasteiger partial charge in [0, 0.05) is 25.4 Å². The van der Waals surface area contributed by atoms with E-state index in [0.717, 1.165) is 30.8 Å². The number of hydrogen-bond donors (Lipinski definition) is 1. The van der Waals surface area contributed by atoms with E-state index in [0.29, 0.717) is 11.3 Å². The molecule has 1 atom stereocenters. The maximum atomic E-state index is 12.6. The fraction of sp³-hybridized carbons (Fsp3) is 0.476. The predicted molar refractivity (Wildman–Crippen MR) is 98.0 cm³/mol. The molecule has 2 aliphatic rings. The highest BCUT2D eigenvalue weighted by atomic mass is 16.1. The summed E-state index contributed by atoms with van der Waals surface area (Å²) in [6.45, 7) is 3.09. The zero-order chi connectivity index (χ0) is 16.4. The number of aromatic nitrogens is 1. The average molecular weight is 322 g/mol.